The molecule has 0 aromatic heterocycles. The summed E-state index contributed by atoms with van der Waals surface area (Å²) >= 11 is 0. The van der Waals surface area contributed by atoms with Crippen LogP contribution in [0.3, 0.4) is 0 Å². The van der Waals surface area contributed by atoms with Gasteiger partial charge in [-0.2, -0.15) is 0 Å². The summed E-state index contributed by atoms with van der Waals surface area (Å²) in [4.78, 5) is 37.5. The van der Waals surface area contributed by atoms with Crippen LogP contribution in [0.2, 0.25) is 0 Å². The van der Waals surface area contributed by atoms with Gasteiger partial charge in [0.25, 0.3) is 0 Å². The minimum absolute atomic E-state index is 0.00840. The average Bonchev–Trinajstić information content (AvgIpc) is 2.92. The molecule has 0 aliphatic rings. The summed E-state index contributed by atoms with van der Waals surface area (Å²) in [5.74, 6) is -2.31. The molecule has 0 aromatic carbocycles. The van der Waals surface area contributed by atoms with Gasteiger partial charge in [0, 0.05) is 5.41 Å². The fourth-order valence-corrected chi connectivity index (χ4v) is 3.46. The van der Waals surface area contributed by atoms with Gasteiger partial charge in [0.05, 0.1) is 95.3 Å². The van der Waals surface area contributed by atoms with E-state index in [1.54, 1.807) is 0 Å². The van der Waals surface area contributed by atoms with Crippen molar-refractivity contribution in [2.24, 2.45) is 10.8 Å². The van der Waals surface area contributed by atoms with Crippen LogP contribution in [0.5, 0.6) is 0 Å². The van der Waals surface area contributed by atoms with Crippen LogP contribution in [-0.4, -0.2) is 71.3 Å². The highest BCUT2D eigenvalue weighted by Gasteiger charge is 2.41. The minimum Gasteiger partial charge on any atom is -0.476 e. The molecule has 0 rings (SSSR count). The van der Waals surface area contributed by atoms with Gasteiger partial charge >= 0.3 is 17.9 Å². The molecule has 0 radical (unpaired) electrons. The Morgan fingerprint density at radius 1 is 0.439 bits per heavy atom. The van der Waals surface area contributed by atoms with Crippen molar-refractivity contribution in [3.8, 4) is 0 Å². The maximum atomic E-state index is 12.5. The zero-order valence-electron chi connectivity index (χ0n) is 23.3. The van der Waals surface area contributed by atoms with Gasteiger partial charge in [0.2, 0.25) is 0 Å². The Kier molecular flexibility index (Phi) is 20.7. The van der Waals surface area contributed by atoms with Crippen LogP contribution in [0.25, 0.3) is 0 Å². The summed E-state index contributed by atoms with van der Waals surface area (Å²) in [6.45, 7) is 19.6. The molecular weight excluding hydrogens is 544 g/mol. The largest absolute Gasteiger partial charge is 0.476 e. The third-order valence-electron chi connectivity index (χ3n) is 5.05. The molecule has 0 bridgehead atoms. The Labute approximate surface area is 240 Å². The van der Waals surface area contributed by atoms with E-state index in [1.165, 1.54) is 18.8 Å². The van der Waals surface area contributed by atoms with Gasteiger partial charge in [0.1, 0.15) is 0 Å². The molecule has 0 fully saturated rings. The number of esters is 3. The quantitative estimate of drug-likeness (QED) is 0.0435. The van der Waals surface area contributed by atoms with Crippen LogP contribution < -0.4 is 0 Å². The molecule has 0 spiro atoms. The lowest BCUT2D eigenvalue weighted by Gasteiger charge is -2.35. The summed E-state index contributed by atoms with van der Waals surface area (Å²) in [5, 5.41) is 0. The minimum atomic E-state index is -1.46. The van der Waals surface area contributed by atoms with E-state index in [2.05, 4.69) is 39.5 Å². The van der Waals surface area contributed by atoms with E-state index in [4.69, 9.17) is 47.4 Å². The molecule has 0 aliphatic carbocycles. The first-order chi connectivity index (χ1) is 19.8. The van der Waals surface area contributed by atoms with Gasteiger partial charge in [-0.05, 0) is 0 Å². The van der Waals surface area contributed by atoms with Crippen molar-refractivity contribution in [1.82, 2.24) is 0 Å². The maximum Gasteiger partial charge on any atom is 0.311 e. The monoisotopic (exact) mass is 584 g/mol. The molecule has 0 saturated heterocycles. The van der Waals surface area contributed by atoms with Crippen molar-refractivity contribution in [3.63, 3.8) is 0 Å². The van der Waals surface area contributed by atoms with Gasteiger partial charge in [-0.3, -0.25) is 14.4 Å². The van der Waals surface area contributed by atoms with Crippen molar-refractivity contribution in [2.45, 2.75) is 19.3 Å². The summed E-state index contributed by atoms with van der Waals surface area (Å²) in [5.41, 5.74) is -2.46. The SMILES string of the molecule is C=COCOCC(COCOC=C)(COCOC=C)COCC(CC(=O)OC=C)(CC(=O)OC=C)CC(=O)OC=C. The first-order valence-corrected chi connectivity index (χ1v) is 12.2. The maximum absolute atomic E-state index is 12.5. The van der Waals surface area contributed by atoms with E-state index < -0.39 is 48.0 Å². The zero-order valence-corrected chi connectivity index (χ0v) is 23.3. The zero-order chi connectivity index (χ0) is 30.8. The lowest BCUT2D eigenvalue weighted by molar-refractivity contribution is -0.167. The third kappa shape index (κ3) is 17.4. The van der Waals surface area contributed by atoms with E-state index in [0.29, 0.717) is 0 Å². The molecule has 13 nitrogen and oxygen atoms in total. The lowest BCUT2D eigenvalue weighted by atomic mass is 9.78. The molecule has 0 atom stereocenters. The van der Waals surface area contributed by atoms with Crippen LogP contribution >= 0.6 is 0 Å². The van der Waals surface area contributed by atoms with Crippen molar-refractivity contribution >= 4 is 17.9 Å². The molecule has 41 heavy (non-hydrogen) atoms. The second-order valence-corrected chi connectivity index (χ2v) is 8.39. The smallest absolute Gasteiger partial charge is 0.311 e. The van der Waals surface area contributed by atoms with Crippen LogP contribution in [-0.2, 0) is 61.8 Å². The van der Waals surface area contributed by atoms with E-state index in [9.17, 15) is 14.4 Å². The number of carbonyl (C=O) groups is 3. The summed E-state index contributed by atoms with van der Waals surface area (Å²) in [6, 6.07) is 0. The number of carbonyl (C=O) groups excluding carboxylic acids is 3. The number of rotatable bonds is 28. The lowest BCUT2D eigenvalue weighted by Crippen LogP contribution is -2.44. The van der Waals surface area contributed by atoms with Crippen molar-refractivity contribution in [2.75, 3.05) is 53.4 Å². The van der Waals surface area contributed by atoms with Crippen molar-refractivity contribution < 1.29 is 61.8 Å². The molecule has 0 unspecified atom stereocenters. The molecule has 13 heteroatoms. The van der Waals surface area contributed by atoms with Crippen LogP contribution in [0.4, 0.5) is 0 Å². The third-order valence-corrected chi connectivity index (χ3v) is 5.05. The van der Waals surface area contributed by atoms with Crippen molar-refractivity contribution in [3.05, 3.63) is 77.0 Å². The highest BCUT2D eigenvalue weighted by atomic mass is 16.7. The number of hydrogen-bond donors (Lipinski definition) is 0. The normalized spacial score (nSPS) is 10.8. The molecule has 230 valence electrons. The topological polar surface area (TPSA) is 144 Å². The Balaban J connectivity index is 6.15. The predicted octanol–water partition coefficient (Wildman–Crippen LogP) is 3.61. The van der Waals surface area contributed by atoms with E-state index in [1.807, 2.05) is 0 Å². The molecule has 0 aromatic rings. The molecule has 0 N–H and O–H groups in total. The standard InChI is InChI=1S/C28H40O13/c1-7-32-21-36-18-28(19-37-22-33-8-2,20-38-23-34-9-3)17-35-16-27(13-24(29)39-10-4,14-25(30)40-11-5)15-26(31)41-12-6/h7-12H,1-6,13-23H2. The Morgan fingerprint density at radius 2 is 0.732 bits per heavy atom. The number of ether oxygens (including phenoxy) is 10. The van der Waals surface area contributed by atoms with E-state index in [0.717, 1.165) is 18.8 Å². The Bertz CT molecular complexity index is 751. The molecule has 0 amide bonds. The van der Waals surface area contributed by atoms with Crippen LogP contribution in [0.1, 0.15) is 19.3 Å². The Morgan fingerprint density at radius 3 is 1.02 bits per heavy atom. The van der Waals surface area contributed by atoms with Crippen LogP contribution in [0.15, 0.2) is 77.0 Å². The second-order valence-electron chi connectivity index (χ2n) is 8.39. The van der Waals surface area contributed by atoms with E-state index >= 15 is 0 Å². The highest BCUT2D eigenvalue weighted by Crippen LogP contribution is 2.34. The van der Waals surface area contributed by atoms with Gasteiger partial charge in [-0.1, -0.05) is 39.5 Å². The van der Waals surface area contributed by atoms with Crippen molar-refractivity contribution in [1.29, 1.82) is 0 Å². The average molecular weight is 585 g/mol. The van der Waals surface area contributed by atoms with E-state index in [-0.39, 0.29) is 53.4 Å². The molecule has 0 aliphatic heterocycles. The molecule has 0 heterocycles. The number of hydrogen-bond acceptors (Lipinski definition) is 13. The van der Waals surface area contributed by atoms with Gasteiger partial charge in [-0.25, -0.2) is 0 Å². The van der Waals surface area contributed by atoms with Gasteiger partial charge in [0.15, 0.2) is 20.4 Å². The summed E-state index contributed by atoms with van der Waals surface area (Å²) < 4.78 is 52.6. The van der Waals surface area contributed by atoms with Gasteiger partial charge < -0.3 is 47.4 Å². The van der Waals surface area contributed by atoms with Gasteiger partial charge in [-0.15, -0.1) is 0 Å². The van der Waals surface area contributed by atoms with Crippen LogP contribution in [0, 0.1) is 10.8 Å². The second kappa shape index (κ2) is 22.9. The summed E-state index contributed by atoms with van der Waals surface area (Å²) in [7, 11) is 0. The fraction of sp³-hybridized carbons (Fsp3) is 0.464. The highest BCUT2D eigenvalue weighted by molar-refractivity contribution is 5.78. The molecular formula is C28H40O13. The Hall–Kier alpha value is -3.91. The molecule has 0 saturated carbocycles. The first-order valence-electron chi connectivity index (χ1n) is 12.2. The predicted molar refractivity (Wildman–Crippen MR) is 145 cm³/mol. The summed E-state index contributed by atoms with van der Waals surface area (Å²) in [6.07, 6.45) is 5.13. The fourth-order valence-electron chi connectivity index (χ4n) is 3.46. The first kappa shape index (κ1) is 37.1.